The van der Waals surface area contributed by atoms with Crippen LogP contribution in [0.1, 0.15) is 17.0 Å². The molecule has 0 fully saturated rings. The number of imidazole rings is 1. The summed E-state index contributed by atoms with van der Waals surface area (Å²) in [5.41, 5.74) is 6.17. The molecular weight excluding hydrogens is 267 g/mol. The number of halogens is 3. The molecule has 1 aromatic carbocycles. The van der Waals surface area contributed by atoms with Crippen molar-refractivity contribution in [1.82, 2.24) is 9.55 Å². The van der Waals surface area contributed by atoms with E-state index in [0.29, 0.717) is 12.8 Å². The lowest BCUT2D eigenvalue weighted by Gasteiger charge is -2.12. The number of nitrogens with zero attached hydrogens (tertiary/aromatic N) is 2. The first-order chi connectivity index (χ1) is 9.36. The Balaban J connectivity index is 1.98. The quantitative estimate of drug-likeness (QED) is 0.937. The summed E-state index contributed by atoms with van der Waals surface area (Å²) in [6.45, 7) is 0. The molecule has 0 aliphatic heterocycles. The Morgan fingerprint density at radius 1 is 1.20 bits per heavy atom. The Labute approximate surface area is 115 Å². The molecule has 0 aliphatic rings. The van der Waals surface area contributed by atoms with Crippen LogP contribution in [0.15, 0.2) is 36.7 Å². The van der Waals surface area contributed by atoms with Crippen molar-refractivity contribution in [3.8, 4) is 0 Å². The topological polar surface area (TPSA) is 43.8 Å². The van der Waals surface area contributed by atoms with Gasteiger partial charge >= 0.3 is 6.18 Å². The number of aromatic nitrogens is 2. The lowest BCUT2D eigenvalue weighted by Crippen LogP contribution is -2.27. The van der Waals surface area contributed by atoms with Crippen LogP contribution in [0.3, 0.4) is 0 Å². The fourth-order valence-corrected chi connectivity index (χ4v) is 2.03. The molecule has 0 saturated carbocycles. The molecule has 20 heavy (non-hydrogen) atoms. The summed E-state index contributed by atoms with van der Waals surface area (Å²) >= 11 is 0. The SMILES string of the molecule is Cn1ccnc1CC(N)Cc1ccc(C(F)(F)F)cc1. The zero-order chi connectivity index (χ0) is 14.8. The first kappa shape index (κ1) is 14.6. The Hall–Kier alpha value is -1.82. The van der Waals surface area contributed by atoms with Gasteiger partial charge in [0.2, 0.25) is 0 Å². The Bertz CT molecular complexity index is 558. The normalized spacial score (nSPS) is 13.4. The molecule has 1 heterocycles. The van der Waals surface area contributed by atoms with E-state index in [1.807, 2.05) is 17.8 Å². The minimum Gasteiger partial charge on any atom is -0.338 e. The maximum atomic E-state index is 12.4. The largest absolute Gasteiger partial charge is 0.416 e. The summed E-state index contributed by atoms with van der Waals surface area (Å²) in [6, 6.07) is 4.95. The van der Waals surface area contributed by atoms with E-state index in [4.69, 9.17) is 5.73 Å². The standard InChI is InChI=1S/C14H16F3N3/c1-20-7-6-19-13(20)9-12(18)8-10-2-4-11(5-3-10)14(15,16)17/h2-7,12H,8-9,18H2,1H3. The molecule has 2 rings (SSSR count). The first-order valence-electron chi connectivity index (χ1n) is 6.24. The van der Waals surface area contributed by atoms with Gasteiger partial charge in [0, 0.05) is 31.9 Å². The van der Waals surface area contributed by atoms with Crippen LogP contribution in [-0.4, -0.2) is 15.6 Å². The number of aryl methyl sites for hydroxylation is 1. The van der Waals surface area contributed by atoms with Gasteiger partial charge in [0.15, 0.2) is 0 Å². The zero-order valence-electron chi connectivity index (χ0n) is 11.1. The number of hydrogen-bond acceptors (Lipinski definition) is 2. The molecule has 1 aromatic heterocycles. The fraction of sp³-hybridized carbons (Fsp3) is 0.357. The summed E-state index contributed by atoms with van der Waals surface area (Å²) in [7, 11) is 1.88. The van der Waals surface area contributed by atoms with E-state index in [2.05, 4.69) is 4.98 Å². The molecule has 0 aliphatic carbocycles. The molecule has 2 N–H and O–H groups in total. The summed E-state index contributed by atoms with van der Waals surface area (Å²) < 4.78 is 39.2. The lowest BCUT2D eigenvalue weighted by atomic mass is 10.0. The highest BCUT2D eigenvalue weighted by atomic mass is 19.4. The van der Waals surface area contributed by atoms with E-state index in [0.717, 1.165) is 23.5 Å². The van der Waals surface area contributed by atoms with Crippen LogP contribution < -0.4 is 5.73 Å². The van der Waals surface area contributed by atoms with Crippen molar-refractivity contribution in [2.75, 3.05) is 0 Å². The molecule has 3 nitrogen and oxygen atoms in total. The Morgan fingerprint density at radius 2 is 1.85 bits per heavy atom. The molecule has 0 amide bonds. The van der Waals surface area contributed by atoms with Crippen LogP contribution in [0.5, 0.6) is 0 Å². The van der Waals surface area contributed by atoms with Gasteiger partial charge in [-0.05, 0) is 24.1 Å². The number of hydrogen-bond donors (Lipinski definition) is 1. The summed E-state index contributed by atoms with van der Waals surface area (Å²) in [5.74, 6) is 0.865. The van der Waals surface area contributed by atoms with Gasteiger partial charge in [-0.3, -0.25) is 0 Å². The van der Waals surface area contributed by atoms with Gasteiger partial charge in [-0.1, -0.05) is 12.1 Å². The lowest BCUT2D eigenvalue weighted by molar-refractivity contribution is -0.137. The first-order valence-corrected chi connectivity index (χ1v) is 6.24. The van der Waals surface area contributed by atoms with Gasteiger partial charge in [0.1, 0.15) is 5.82 Å². The average Bonchev–Trinajstić information content (AvgIpc) is 2.74. The van der Waals surface area contributed by atoms with Crippen LogP contribution in [0.4, 0.5) is 13.2 Å². The Kier molecular flexibility index (Phi) is 4.13. The maximum Gasteiger partial charge on any atom is 0.416 e. The molecule has 108 valence electrons. The number of benzene rings is 1. The summed E-state index contributed by atoms with van der Waals surface area (Å²) in [6.07, 6.45) is 0.337. The van der Waals surface area contributed by atoms with Gasteiger partial charge < -0.3 is 10.3 Å². The predicted octanol–water partition coefficient (Wildman–Crippen LogP) is 2.55. The molecule has 1 unspecified atom stereocenters. The second-order valence-corrected chi connectivity index (χ2v) is 4.82. The Morgan fingerprint density at radius 3 is 2.35 bits per heavy atom. The number of alkyl halides is 3. The van der Waals surface area contributed by atoms with Crippen molar-refractivity contribution in [2.45, 2.75) is 25.1 Å². The second-order valence-electron chi connectivity index (χ2n) is 4.82. The van der Waals surface area contributed by atoms with E-state index in [-0.39, 0.29) is 6.04 Å². The van der Waals surface area contributed by atoms with E-state index >= 15 is 0 Å². The van der Waals surface area contributed by atoms with Gasteiger partial charge in [-0.15, -0.1) is 0 Å². The number of rotatable bonds is 4. The van der Waals surface area contributed by atoms with Crippen LogP contribution in [0.2, 0.25) is 0 Å². The third kappa shape index (κ3) is 3.60. The van der Waals surface area contributed by atoms with Crippen LogP contribution in [0, 0.1) is 0 Å². The van der Waals surface area contributed by atoms with Gasteiger partial charge in [0.25, 0.3) is 0 Å². The van der Waals surface area contributed by atoms with Crippen LogP contribution in [-0.2, 0) is 26.1 Å². The predicted molar refractivity (Wildman–Crippen MR) is 70.0 cm³/mol. The van der Waals surface area contributed by atoms with E-state index in [1.54, 1.807) is 6.20 Å². The second kappa shape index (κ2) is 5.66. The number of nitrogens with two attached hydrogens (primary N) is 1. The smallest absolute Gasteiger partial charge is 0.338 e. The minimum atomic E-state index is -4.30. The third-order valence-corrected chi connectivity index (χ3v) is 3.14. The van der Waals surface area contributed by atoms with Crippen molar-refractivity contribution in [3.05, 3.63) is 53.6 Å². The van der Waals surface area contributed by atoms with Crippen molar-refractivity contribution in [1.29, 1.82) is 0 Å². The van der Waals surface area contributed by atoms with E-state index in [1.165, 1.54) is 12.1 Å². The molecule has 0 saturated heterocycles. The van der Waals surface area contributed by atoms with E-state index in [9.17, 15) is 13.2 Å². The highest BCUT2D eigenvalue weighted by molar-refractivity contribution is 5.25. The zero-order valence-corrected chi connectivity index (χ0v) is 11.1. The molecule has 2 aromatic rings. The maximum absolute atomic E-state index is 12.4. The van der Waals surface area contributed by atoms with Gasteiger partial charge in [-0.25, -0.2) is 4.98 Å². The molecule has 1 atom stereocenters. The van der Waals surface area contributed by atoms with Crippen molar-refractivity contribution in [3.63, 3.8) is 0 Å². The highest BCUT2D eigenvalue weighted by Crippen LogP contribution is 2.29. The monoisotopic (exact) mass is 283 g/mol. The molecule has 6 heteroatoms. The van der Waals surface area contributed by atoms with Crippen LogP contribution in [0.25, 0.3) is 0 Å². The average molecular weight is 283 g/mol. The third-order valence-electron chi connectivity index (χ3n) is 3.14. The molecular formula is C14H16F3N3. The molecule has 0 spiro atoms. The van der Waals surface area contributed by atoms with Crippen LogP contribution >= 0.6 is 0 Å². The summed E-state index contributed by atoms with van der Waals surface area (Å²) in [5, 5.41) is 0. The molecule has 0 bridgehead atoms. The highest BCUT2D eigenvalue weighted by Gasteiger charge is 2.29. The van der Waals surface area contributed by atoms with Crippen molar-refractivity contribution in [2.24, 2.45) is 12.8 Å². The molecule has 0 radical (unpaired) electrons. The van der Waals surface area contributed by atoms with Gasteiger partial charge in [-0.2, -0.15) is 13.2 Å². The van der Waals surface area contributed by atoms with E-state index < -0.39 is 11.7 Å². The minimum absolute atomic E-state index is 0.173. The van der Waals surface area contributed by atoms with Gasteiger partial charge in [0.05, 0.1) is 5.56 Å². The van der Waals surface area contributed by atoms with Crippen molar-refractivity contribution < 1.29 is 13.2 Å². The van der Waals surface area contributed by atoms with Crippen molar-refractivity contribution >= 4 is 0 Å². The fourth-order valence-electron chi connectivity index (χ4n) is 2.03. The summed E-state index contributed by atoms with van der Waals surface area (Å²) in [4.78, 5) is 4.18.